The summed E-state index contributed by atoms with van der Waals surface area (Å²) in [5, 5.41) is 0.730. The van der Waals surface area contributed by atoms with Gasteiger partial charge in [-0.2, -0.15) is 0 Å². The van der Waals surface area contributed by atoms with Gasteiger partial charge in [0.05, 0.1) is 16.1 Å². The zero-order valence-electron chi connectivity index (χ0n) is 9.69. The van der Waals surface area contributed by atoms with Crippen molar-refractivity contribution in [2.24, 2.45) is 7.05 Å². The van der Waals surface area contributed by atoms with E-state index in [0.717, 1.165) is 31.0 Å². The lowest BCUT2D eigenvalue weighted by molar-refractivity contribution is 0.959. The molecule has 3 rings (SSSR count). The summed E-state index contributed by atoms with van der Waals surface area (Å²) in [5.74, 6) is 0.903. The maximum Gasteiger partial charge on any atom is 0.142 e. The van der Waals surface area contributed by atoms with E-state index in [0.29, 0.717) is 0 Å². The third kappa shape index (κ3) is 1.91. The highest BCUT2D eigenvalue weighted by atomic mass is 127. The number of aromatic nitrogens is 2. The molecule has 0 radical (unpaired) electrons. The van der Waals surface area contributed by atoms with Gasteiger partial charge in [0.1, 0.15) is 5.82 Å². The van der Waals surface area contributed by atoms with E-state index in [2.05, 4.69) is 44.3 Å². The summed E-state index contributed by atoms with van der Waals surface area (Å²) in [5.41, 5.74) is 3.08. The molecular weight excluding hydrogens is 359 g/mol. The van der Waals surface area contributed by atoms with Crippen LogP contribution in [0.1, 0.15) is 0 Å². The maximum absolute atomic E-state index is 6.27. The van der Waals surface area contributed by atoms with Gasteiger partial charge >= 0.3 is 0 Å². The second-order valence-corrected chi connectivity index (χ2v) is 5.76. The lowest BCUT2D eigenvalue weighted by Crippen LogP contribution is -1.93. The molecular formula is C14H10ClIN2. The monoisotopic (exact) mass is 368 g/mol. The third-order valence-corrected chi connectivity index (χ3v) is 3.96. The normalized spacial score (nSPS) is 11.1. The largest absolute Gasteiger partial charge is 0.327 e. The van der Waals surface area contributed by atoms with E-state index in [-0.39, 0.29) is 0 Å². The Morgan fingerprint density at radius 3 is 2.72 bits per heavy atom. The van der Waals surface area contributed by atoms with E-state index in [1.807, 2.05) is 37.4 Å². The van der Waals surface area contributed by atoms with Gasteiger partial charge in [-0.25, -0.2) is 4.98 Å². The third-order valence-electron chi connectivity index (χ3n) is 2.96. The van der Waals surface area contributed by atoms with E-state index in [9.17, 15) is 0 Å². The Balaban J connectivity index is 2.31. The standard InChI is InChI=1S/C14H10ClIN2/c1-18-13-5-3-2-4-12(13)17-14(18)10-8-9(16)6-7-11(10)15/h2-8H,1H3. The fraction of sp³-hybridized carbons (Fsp3) is 0.0714. The molecule has 0 atom stereocenters. The summed E-state index contributed by atoms with van der Waals surface area (Å²) in [6, 6.07) is 14.1. The predicted molar refractivity (Wildman–Crippen MR) is 83.9 cm³/mol. The number of imidazole rings is 1. The van der Waals surface area contributed by atoms with Crippen molar-refractivity contribution >= 4 is 45.2 Å². The van der Waals surface area contributed by atoms with Gasteiger partial charge in [0, 0.05) is 16.2 Å². The van der Waals surface area contributed by atoms with Crippen LogP contribution in [0, 0.1) is 3.57 Å². The molecule has 3 aromatic rings. The number of nitrogens with zero attached hydrogens (tertiary/aromatic N) is 2. The van der Waals surface area contributed by atoms with Crippen LogP contribution in [0.4, 0.5) is 0 Å². The fourth-order valence-corrected chi connectivity index (χ4v) is 2.75. The van der Waals surface area contributed by atoms with Crippen molar-refractivity contribution in [1.29, 1.82) is 0 Å². The van der Waals surface area contributed by atoms with E-state index >= 15 is 0 Å². The van der Waals surface area contributed by atoms with Gasteiger partial charge in [0.25, 0.3) is 0 Å². The quantitative estimate of drug-likeness (QED) is 0.578. The molecule has 0 aliphatic rings. The molecule has 0 aliphatic carbocycles. The predicted octanol–water partition coefficient (Wildman–Crippen LogP) is 4.50. The van der Waals surface area contributed by atoms with Crippen molar-refractivity contribution in [1.82, 2.24) is 9.55 Å². The SMILES string of the molecule is Cn1c(-c2cc(I)ccc2Cl)nc2ccccc21. The van der Waals surface area contributed by atoms with Crippen LogP contribution in [0.3, 0.4) is 0 Å². The van der Waals surface area contributed by atoms with Gasteiger partial charge in [-0.3, -0.25) is 0 Å². The molecule has 4 heteroatoms. The number of aryl methyl sites for hydroxylation is 1. The molecule has 90 valence electrons. The van der Waals surface area contributed by atoms with E-state index < -0.39 is 0 Å². The minimum atomic E-state index is 0.730. The van der Waals surface area contributed by atoms with Crippen molar-refractivity contribution in [2.45, 2.75) is 0 Å². The molecule has 0 amide bonds. The number of benzene rings is 2. The van der Waals surface area contributed by atoms with Crippen LogP contribution in [0.5, 0.6) is 0 Å². The summed E-state index contributed by atoms with van der Waals surface area (Å²) in [6.45, 7) is 0. The molecule has 0 unspecified atom stereocenters. The second kappa shape index (κ2) is 4.55. The van der Waals surface area contributed by atoms with E-state index in [1.165, 1.54) is 0 Å². The van der Waals surface area contributed by atoms with Gasteiger partial charge in [0.2, 0.25) is 0 Å². The highest BCUT2D eigenvalue weighted by molar-refractivity contribution is 14.1. The Morgan fingerprint density at radius 1 is 1.17 bits per heavy atom. The lowest BCUT2D eigenvalue weighted by Gasteiger charge is -2.05. The molecule has 2 aromatic carbocycles. The Kier molecular flexibility index (Phi) is 3.03. The Labute approximate surface area is 124 Å². The Morgan fingerprint density at radius 2 is 1.94 bits per heavy atom. The molecule has 2 nitrogen and oxygen atoms in total. The van der Waals surface area contributed by atoms with Gasteiger partial charge in [-0.1, -0.05) is 23.7 Å². The average molecular weight is 369 g/mol. The van der Waals surface area contributed by atoms with Gasteiger partial charge in [-0.15, -0.1) is 0 Å². The number of hydrogen-bond donors (Lipinski definition) is 0. The van der Waals surface area contributed by atoms with Crippen molar-refractivity contribution in [2.75, 3.05) is 0 Å². The molecule has 0 saturated heterocycles. The molecule has 0 aliphatic heterocycles. The first-order valence-corrected chi connectivity index (χ1v) is 6.99. The molecule has 1 heterocycles. The highest BCUT2D eigenvalue weighted by Gasteiger charge is 2.12. The smallest absolute Gasteiger partial charge is 0.142 e. The lowest BCUT2D eigenvalue weighted by atomic mass is 10.2. The van der Waals surface area contributed by atoms with Crippen LogP contribution >= 0.6 is 34.2 Å². The fourth-order valence-electron chi connectivity index (χ4n) is 2.06. The summed E-state index contributed by atoms with van der Waals surface area (Å²) in [7, 11) is 2.01. The molecule has 0 bridgehead atoms. The second-order valence-electron chi connectivity index (χ2n) is 4.11. The number of para-hydroxylation sites is 2. The first-order valence-electron chi connectivity index (χ1n) is 5.53. The van der Waals surface area contributed by atoms with Crippen molar-refractivity contribution in [3.8, 4) is 11.4 Å². The van der Waals surface area contributed by atoms with E-state index in [1.54, 1.807) is 0 Å². The van der Waals surface area contributed by atoms with Gasteiger partial charge in [-0.05, 0) is 52.9 Å². The highest BCUT2D eigenvalue weighted by Crippen LogP contribution is 2.30. The van der Waals surface area contributed by atoms with Crippen molar-refractivity contribution < 1.29 is 0 Å². The molecule has 0 saturated carbocycles. The Bertz CT molecular complexity index is 734. The van der Waals surface area contributed by atoms with Gasteiger partial charge in [0.15, 0.2) is 0 Å². The van der Waals surface area contributed by atoms with Gasteiger partial charge < -0.3 is 4.57 Å². The molecule has 0 fully saturated rings. The number of halogens is 2. The topological polar surface area (TPSA) is 17.8 Å². The molecule has 0 spiro atoms. The van der Waals surface area contributed by atoms with Crippen LogP contribution in [0.15, 0.2) is 42.5 Å². The summed E-state index contributed by atoms with van der Waals surface area (Å²) < 4.78 is 3.23. The first kappa shape index (κ1) is 12.0. The summed E-state index contributed by atoms with van der Waals surface area (Å²) in [6.07, 6.45) is 0. The number of fused-ring (bicyclic) bond motifs is 1. The van der Waals surface area contributed by atoms with Crippen molar-refractivity contribution in [3.63, 3.8) is 0 Å². The molecule has 1 aromatic heterocycles. The van der Waals surface area contributed by atoms with Crippen LogP contribution in [0.25, 0.3) is 22.4 Å². The summed E-state index contributed by atoms with van der Waals surface area (Å²) >= 11 is 8.56. The molecule has 0 N–H and O–H groups in total. The minimum absolute atomic E-state index is 0.730. The van der Waals surface area contributed by atoms with Crippen LogP contribution in [-0.2, 0) is 7.05 Å². The number of hydrogen-bond acceptors (Lipinski definition) is 1. The van der Waals surface area contributed by atoms with E-state index in [4.69, 9.17) is 11.6 Å². The number of rotatable bonds is 1. The summed E-state index contributed by atoms with van der Waals surface area (Å²) in [4.78, 5) is 4.66. The van der Waals surface area contributed by atoms with Crippen LogP contribution in [-0.4, -0.2) is 9.55 Å². The first-order chi connectivity index (χ1) is 8.66. The zero-order valence-corrected chi connectivity index (χ0v) is 12.6. The molecule has 18 heavy (non-hydrogen) atoms. The van der Waals surface area contributed by atoms with Crippen LogP contribution in [0.2, 0.25) is 5.02 Å². The average Bonchev–Trinajstić information content (AvgIpc) is 2.71. The Hall–Kier alpha value is -1.07. The maximum atomic E-state index is 6.27. The minimum Gasteiger partial charge on any atom is -0.327 e. The van der Waals surface area contributed by atoms with Crippen molar-refractivity contribution in [3.05, 3.63) is 51.1 Å². The zero-order chi connectivity index (χ0) is 12.7. The van der Waals surface area contributed by atoms with Crippen LogP contribution < -0.4 is 0 Å².